The van der Waals surface area contributed by atoms with E-state index in [1.54, 1.807) is 0 Å². The summed E-state index contributed by atoms with van der Waals surface area (Å²) in [6.45, 7) is 0.161. The Kier molecular flexibility index (Phi) is 2.26. The molecule has 2 aromatic rings. The average molecular weight is 209 g/mol. The van der Waals surface area contributed by atoms with Crippen LogP contribution >= 0.6 is 12.2 Å². The quantitative estimate of drug-likeness (QED) is 0.582. The first-order valence-electron chi connectivity index (χ1n) is 4.24. The zero-order valence-electron chi connectivity index (χ0n) is 7.78. The fraction of sp³-hybridized carbons (Fsp3) is 0.222. The van der Waals surface area contributed by atoms with Gasteiger partial charge in [0.15, 0.2) is 4.77 Å². The predicted molar refractivity (Wildman–Crippen MR) is 57.8 cm³/mol. The number of nitrogens with one attached hydrogen (secondary N) is 1. The molecule has 0 fully saturated rings. The largest absolute Gasteiger partial charge is 0.476 e. The predicted octanol–water partition coefficient (Wildman–Crippen LogP) is 1.53. The normalized spacial score (nSPS) is 10.7. The summed E-state index contributed by atoms with van der Waals surface area (Å²) in [6, 6.07) is 5.75. The molecule has 1 aromatic heterocycles. The maximum Gasteiger partial charge on any atom is 0.177 e. The molecule has 0 bridgehead atoms. The Morgan fingerprint density at radius 2 is 2.36 bits per heavy atom. The molecule has 2 rings (SSSR count). The van der Waals surface area contributed by atoms with Crippen LogP contribution in [-0.2, 0) is 7.05 Å². The second kappa shape index (κ2) is 3.43. The van der Waals surface area contributed by atoms with Crippen molar-refractivity contribution in [3.8, 4) is 5.75 Å². The molecular weight excluding hydrogens is 198 g/mol. The number of para-hydroxylation sites is 1. The number of ether oxygens (including phenoxy) is 1. The lowest BCUT2D eigenvalue weighted by molar-refractivity contribution is 0.333. The van der Waals surface area contributed by atoms with Gasteiger partial charge in [-0.15, -0.1) is 0 Å². The molecule has 1 aromatic carbocycles. The smallest absolute Gasteiger partial charge is 0.177 e. The highest BCUT2D eigenvalue weighted by Crippen LogP contribution is 2.23. The van der Waals surface area contributed by atoms with Gasteiger partial charge in [0.1, 0.15) is 18.0 Å². The van der Waals surface area contributed by atoms with Crippen molar-refractivity contribution in [3.05, 3.63) is 23.0 Å². The van der Waals surface area contributed by atoms with Crippen LogP contribution in [0.3, 0.4) is 0 Å². The third-order valence-corrected chi connectivity index (χ3v) is 2.52. The van der Waals surface area contributed by atoms with Gasteiger partial charge in [0.25, 0.3) is 0 Å². The maximum atomic E-state index is 5.33. The standard InChI is InChI=1S/C9H11N3OS/c1-12-6-3-2-4-7(13-5-10)8(6)11-9(12)14/h2-4H,5,10H2,1H3,(H,11,14). The number of aryl methyl sites for hydroxylation is 1. The SMILES string of the molecule is Cn1c(=S)[nH]c2c(OCN)cccc21. The molecule has 0 amide bonds. The summed E-state index contributed by atoms with van der Waals surface area (Å²) >= 11 is 5.12. The minimum absolute atomic E-state index is 0.161. The number of rotatable bonds is 2. The van der Waals surface area contributed by atoms with Crippen LogP contribution in [0.15, 0.2) is 18.2 Å². The zero-order valence-corrected chi connectivity index (χ0v) is 8.60. The van der Waals surface area contributed by atoms with E-state index in [1.807, 2.05) is 29.8 Å². The number of H-pyrrole nitrogens is 1. The van der Waals surface area contributed by atoms with Crippen LogP contribution in [-0.4, -0.2) is 16.3 Å². The van der Waals surface area contributed by atoms with E-state index in [0.29, 0.717) is 4.77 Å². The lowest BCUT2D eigenvalue weighted by Gasteiger charge is -2.03. The minimum atomic E-state index is 0.161. The van der Waals surface area contributed by atoms with E-state index in [2.05, 4.69) is 4.98 Å². The average Bonchev–Trinajstić information content (AvgIpc) is 2.46. The first-order valence-corrected chi connectivity index (χ1v) is 4.65. The Morgan fingerprint density at radius 1 is 1.57 bits per heavy atom. The summed E-state index contributed by atoms with van der Waals surface area (Å²) in [4.78, 5) is 3.08. The fourth-order valence-electron chi connectivity index (χ4n) is 1.43. The van der Waals surface area contributed by atoms with E-state index < -0.39 is 0 Å². The number of imidazole rings is 1. The zero-order chi connectivity index (χ0) is 10.1. The van der Waals surface area contributed by atoms with Crippen LogP contribution in [0.25, 0.3) is 11.0 Å². The van der Waals surface area contributed by atoms with Gasteiger partial charge >= 0.3 is 0 Å². The van der Waals surface area contributed by atoms with Crippen LogP contribution in [0.5, 0.6) is 5.75 Å². The summed E-state index contributed by atoms with van der Waals surface area (Å²) in [5, 5.41) is 0. The first kappa shape index (κ1) is 9.23. The Bertz CT molecular complexity index is 514. The minimum Gasteiger partial charge on any atom is -0.476 e. The maximum absolute atomic E-state index is 5.33. The molecule has 3 N–H and O–H groups in total. The lowest BCUT2D eigenvalue weighted by Crippen LogP contribution is -2.07. The van der Waals surface area contributed by atoms with Crippen molar-refractivity contribution in [3.63, 3.8) is 0 Å². The van der Waals surface area contributed by atoms with Crippen molar-refractivity contribution in [1.29, 1.82) is 0 Å². The van der Waals surface area contributed by atoms with E-state index in [-0.39, 0.29) is 6.73 Å². The number of aromatic nitrogens is 2. The molecule has 0 unspecified atom stereocenters. The highest BCUT2D eigenvalue weighted by molar-refractivity contribution is 7.71. The summed E-state index contributed by atoms with van der Waals surface area (Å²) < 4.78 is 7.85. The Balaban J connectivity index is 2.75. The number of nitrogens with zero attached hydrogens (tertiary/aromatic N) is 1. The topological polar surface area (TPSA) is 56.0 Å². The third kappa shape index (κ3) is 1.30. The van der Waals surface area contributed by atoms with Gasteiger partial charge in [0.2, 0.25) is 0 Å². The number of aromatic amines is 1. The van der Waals surface area contributed by atoms with E-state index in [9.17, 15) is 0 Å². The van der Waals surface area contributed by atoms with Crippen LogP contribution < -0.4 is 10.5 Å². The van der Waals surface area contributed by atoms with Gasteiger partial charge in [0.05, 0.1) is 5.52 Å². The molecule has 14 heavy (non-hydrogen) atoms. The molecule has 1 heterocycles. The molecule has 5 heteroatoms. The second-order valence-electron chi connectivity index (χ2n) is 2.95. The van der Waals surface area contributed by atoms with Crippen molar-refractivity contribution in [1.82, 2.24) is 9.55 Å². The van der Waals surface area contributed by atoms with Crippen LogP contribution in [0, 0.1) is 4.77 Å². The number of benzene rings is 1. The Morgan fingerprint density at radius 3 is 3.07 bits per heavy atom. The van der Waals surface area contributed by atoms with Crippen molar-refractivity contribution in [2.24, 2.45) is 12.8 Å². The lowest BCUT2D eigenvalue weighted by atomic mass is 10.3. The van der Waals surface area contributed by atoms with Gasteiger partial charge in [0, 0.05) is 7.05 Å². The summed E-state index contributed by atoms with van der Waals surface area (Å²) in [5.41, 5.74) is 7.24. The Labute approximate surface area is 86.3 Å². The number of fused-ring (bicyclic) bond motifs is 1. The molecule has 0 aliphatic carbocycles. The molecule has 0 saturated carbocycles. The van der Waals surface area contributed by atoms with Gasteiger partial charge in [-0.05, 0) is 24.4 Å². The number of hydrogen-bond donors (Lipinski definition) is 2. The molecule has 0 atom stereocenters. The van der Waals surface area contributed by atoms with Crippen LogP contribution in [0.2, 0.25) is 0 Å². The van der Waals surface area contributed by atoms with E-state index in [1.165, 1.54) is 0 Å². The first-order chi connectivity index (χ1) is 6.74. The number of nitrogens with two attached hydrogens (primary N) is 1. The van der Waals surface area contributed by atoms with Crippen molar-refractivity contribution < 1.29 is 4.74 Å². The molecule has 0 radical (unpaired) electrons. The van der Waals surface area contributed by atoms with Gasteiger partial charge in [-0.3, -0.25) is 5.73 Å². The summed E-state index contributed by atoms with van der Waals surface area (Å²) in [7, 11) is 1.91. The monoisotopic (exact) mass is 209 g/mol. The molecular formula is C9H11N3OS. The summed E-state index contributed by atoms with van der Waals surface area (Å²) in [5.74, 6) is 0.733. The van der Waals surface area contributed by atoms with E-state index in [4.69, 9.17) is 22.7 Å². The highest BCUT2D eigenvalue weighted by atomic mass is 32.1. The van der Waals surface area contributed by atoms with Crippen LogP contribution in [0.1, 0.15) is 0 Å². The van der Waals surface area contributed by atoms with Gasteiger partial charge in [-0.2, -0.15) is 0 Å². The molecule has 4 nitrogen and oxygen atoms in total. The molecule has 0 saturated heterocycles. The fourth-order valence-corrected chi connectivity index (χ4v) is 1.64. The van der Waals surface area contributed by atoms with Crippen molar-refractivity contribution in [2.75, 3.05) is 6.73 Å². The molecule has 0 aliphatic rings. The van der Waals surface area contributed by atoms with Crippen molar-refractivity contribution >= 4 is 23.3 Å². The second-order valence-corrected chi connectivity index (χ2v) is 3.34. The third-order valence-electron chi connectivity index (χ3n) is 2.14. The molecule has 0 spiro atoms. The van der Waals surface area contributed by atoms with Gasteiger partial charge in [-0.25, -0.2) is 0 Å². The molecule has 74 valence electrons. The van der Waals surface area contributed by atoms with E-state index in [0.717, 1.165) is 16.8 Å². The summed E-state index contributed by atoms with van der Waals surface area (Å²) in [6.07, 6.45) is 0. The highest BCUT2D eigenvalue weighted by Gasteiger charge is 2.05. The molecule has 0 aliphatic heterocycles. The Hall–Kier alpha value is -1.33. The number of hydrogen-bond acceptors (Lipinski definition) is 3. The van der Waals surface area contributed by atoms with E-state index >= 15 is 0 Å². The van der Waals surface area contributed by atoms with Gasteiger partial charge in [-0.1, -0.05) is 6.07 Å². The van der Waals surface area contributed by atoms with Crippen molar-refractivity contribution in [2.45, 2.75) is 0 Å². The van der Waals surface area contributed by atoms with Gasteiger partial charge < -0.3 is 14.3 Å². The van der Waals surface area contributed by atoms with Crippen LogP contribution in [0.4, 0.5) is 0 Å².